The third-order valence-corrected chi connectivity index (χ3v) is 2.82. The lowest BCUT2D eigenvalue weighted by Crippen LogP contribution is -2.40. The second kappa shape index (κ2) is 7.16. The van der Waals surface area contributed by atoms with Gasteiger partial charge in [-0.05, 0) is 0 Å². The smallest absolute Gasteiger partial charge is 0.0988 e. The lowest BCUT2D eigenvalue weighted by molar-refractivity contribution is 0.0154. The van der Waals surface area contributed by atoms with Crippen LogP contribution in [0.3, 0.4) is 0 Å². The molecule has 16 heavy (non-hydrogen) atoms. The van der Waals surface area contributed by atoms with E-state index in [4.69, 9.17) is 14.6 Å². The van der Waals surface area contributed by atoms with Crippen molar-refractivity contribution in [2.75, 3.05) is 46.6 Å². The van der Waals surface area contributed by atoms with Gasteiger partial charge in [0.1, 0.15) is 0 Å². The minimum atomic E-state index is -0.871. The summed E-state index contributed by atoms with van der Waals surface area (Å²) in [6, 6.07) is -0.388. The Kier molecular flexibility index (Phi) is 6.18. The van der Waals surface area contributed by atoms with E-state index in [9.17, 15) is 10.2 Å². The van der Waals surface area contributed by atoms with Crippen LogP contribution in [-0.4, -0.2) is 85.1 Å². The van der Waals surface area contributed by atoms with Crippen molar-refractivity contribution >= 4 is 0 Å². The third kappa shape index (κ3) is 3.65. The first-order valence-electron chi connectivity index (χ1n) is 5.48. The Labute approximate surface area is 95.4 Å². The number of rotatable bonds is 7. The molecule has 0 aromatic rings. The molecular formula is C10H21NO5. The highest BCUT2D eigenvalue weighted by Gasteiger charge is 2.38. The Morgan fingerprint density at radius 3 is 2.62 bits per heavy atom. The van der Waals surface area contributed by atoms with E-state index in [1.54, 1.807) is 7.11 Å². The molecule has 0 saturated carbocycles. The third-order valence-electron chi connectivity index (χ3n) is 2.82. The summed E-state index contributed by atoms with van der Waals surface area (Å²) in [6.45, 7) is 2.38. The van der Waals surface area contributed by atoms with Gasteiger partial charge in [0.05, 0.1) is 44.7 Å². The van der Waals surface area contributed by atoms with Crippen molar-refractivity contribution in [3.63, 3.8) is 0 Å². The van der Waals surface area contributed by atoms with E-state index in [0.29, 0.717) is 32.9 Å². The fraction of sp³-hybridized carbons (Fsp3) is 1.00. The molecule has 1 saturated heterocycles. The van der Waals surface area contributed by atoms with Crippen molar-refractivity contribution in [2.24, 2.45) is 0 Å². The van der Waals surface area contributed by atoms with Crippen molar-refractivity contribution in [2.45, 2.75) is 18.2 Å². The number of aliphatic hydroxyl groups is 3. The molecule has 0 spiro atoms. The average molecular weight is 235 g/mol. The minimum absolute atomic E-state index is 0.156. The summed E-state index contributed by atoms with van der Waals surface area (Å²) >= 11 is 0. The highest BCUT2D eigenvalue weighted by molar-refractivity contribution is 4.92. The van der Waals surface area contributed by atoms with Crippen molar-refractivity contribution in [1.82, 2.24) is 4.90 Å². The molecule has 6 nitrogen and oxygen atoms in total. The molecule has 1 aliphatic rings. The van der Waals surface area contributed by atoms with Crippen molar-refractivity contribution < 1.29 is 24.8 Å². The van der Waals surface area contributed by atoms with Crippen molar-refractivity contribution in [1.29, 1.82) is 0 Å². The molecule has 3 N–H and O–H groups in total. The molecule has 96 valence electrons. The quantitative estimate of drug-likeness (QED) is 0.445. The molecular weight excluding hydrogens is 214 g/mol. The van der Waals surface area contributed by atoms with E-state index in [1.807, 2.05) is 4.90 Å². The SMILES string of the molecule is COCCOCCN1C[C@@H](O)[C@H](O)[C@H]1CO. The summed E-state index contributed by atoms with van der Waals surface area (Å²) < 4.78 is 10.1. The van der Waals surface area contributed by atoms with Crippen LogP contribution in [0, 0.1) is 0 Å². The topological polar surface area (TPSA) is 82.4 Å². The van der Waals surface area contributed by atoms with Crippen LogP contribution in [0.15, 0.2) is 0 Å². The van der Waals surface area contributed by atoms with E-state index >= 15 is 0 Å². The fourth-order valence-corrected chi connectivity index (χ4v) is 1.86. The van der Waals surface area contributed by atoms with Gasteiger partial charge in [-0.2, -0.15) is 0 Å². The number of hydrogen-bond donors (Lipinski definition) is 3. The first-order chi connectivity index (χ1) is 7.70. The van der Waals surface area contributed by atoms with Gasteiger partial charge < -0.3 is 24.8 Å². The van der Waals surface area contributed by atoms with Crippen LogP contribution in [0.4, 0.5) is 0 Å². The van der Waals surface area contributed by atoms with Crippen LogP contribution < -0.4 is 0 Å². The van der Waals surface area contributed by atoms with Crippen LogP contribution in [0.5, 0.6) is 0 Å². The molecule has 0 aliphatic carbocycles. The maximum atomic E-state index is 9.56. The predicted molar refractivity (Wildman–Crippen MR) is 57.2 cm³/mol. The van der Waals surface area contributed by atoms with Crippen LogP contribution in [0.1, 0.15) is 0 Å². The van der Waals surface area contributed by atoms with Crippen LogP contribution >= 0.6 is 0 Å². The van der Waals surface area contributed by atoms with Gasteiger partial charge in [0.15, 0.2) is 0 Å². The Morgan fingerprint density at radius 1 is 1.25 bits per heavy atom. The molecule has 0 aromatic heterocycles. The molecule has 0 bridgehead atoms. The molecule has 0 radical (unpaired) electrons. The van der Waals surface area contributed by atoms with Gasteiger partial charge in [-0.3, -0.25) is 4.90 Å². The summed E-state index contributed by atoms with van der Waals surface area (Å²) in [5, 5.41) is 28.1. The molecule has 0 aromatic carbocycles. The molecule has 0 amide bonds. The van der Waals surface area contributed by atoms with E-state index in [1.165, 1.54) is 0 Å². The number of aliphatic hydroxyl groups excluding tert-OH is 3. The highest BCUT2D eigenvalue weighted by Crippen LogP contribution is 2.17. The number of β-amino-alcohol motifs (C(OH)–C–C–N with tert-alkyl or cyclic N) is 1. The number of hydrogen-bond acceptors (Lipinski definition) is 6. The van der Waals surface area contributed by atoms with E-state index in [-0.39, 0.29) is 12.6 Å². The monoisotopic (exact) mass is 235 g/mol. The van der Waals surface area contributed by atoms with Gasteiger partial charge in [-0.1, -0.05) is 0 Å². The van der Waals surface area contributed by atoms with E-state index in [2.05, 4.69) is 0 Å². The van der Waals surface area contributed by atoms with Gasteiger partial charge in [-0.25, -0.2) is 0 Å². The van der Waals surface area contributed by atoms with Gasteiger partial charge >= 0.3 is 0 Å². The Hall–Kier alpha value is -0.240. The zero-order valence-electron chi connectivity index (χ0n) is 9.58. The van der Waals surface area contributed by atoms with Crippen LogP contribution in [-0.2, 0) is 9.47 Å². The lowest BCUT2D eigenvalue weighted by Gasteiger charge is -2.23. The molecule has 3 atom stereocenters. The predicted octanol–water partition coefficient (Wildman–Crippen LogP) is -1.95. The summed E-state index contributed by atoms with van der Waals surface area (Å²) in [5.74, 6) is 0. The summed E-state index contributed by atoms with van der Waals surface area (Å²) in [5.41, 5.74) is 0. The summed E-state index contributed by atoms with van der Waals surface area (Å²) in [7, 11) is 1.61. The Balaban J connectivity index is 2.20. The normalized spacial score (nSPS) is 31.1. The Morgan fingerprint density at radius 2 is 2.00 bits per heavy atom. The van der Waals surface area contributed by atoms with Crippen molar-refractivity contribution in [3.05, 3.63) is 0 Å². The molecule has 1 rings (SSSR count). The highest BCUT2D eigenvalue weighted by atomic mass is 16.5. The van der Waals surface area contributed by atoms with Gasteiger partial charge in [0, 0.05) is 20.2 Å². The maximum absolute atomic E-state index is 9.56. The molecule has 1 heterocycles. The zero-order chi connectivity index (χ0) is 12.0. The summed E-state index contributed by atoms with van der Waals surface area (Å²) in [6.07, 6.45) is -1.65. The van der Waals surface area contributed by atoms with Crippen LogP contribution in [0.25, 0.3) is 0 Å². The second-order valence-electron chi connectivity index (χ2n) is 3.91. The standard InChI is InChI=1S/C10H21NO5/c1-15-4-5-16-3-2-11-6-9(13)10(14)8(11)7-12/h8-10,12-14H,2-7H2,1H3/t8-,9-,10-/m1/s1. The minimum Gasteiger partial charge on any atom is -0.395 e. The zero-order valence-corrected chi connectivity index (χ0v) is 9.58. The first-order valence-corrected chi connectivity index (χ1v) is 5.48. The van der Waals surface area contributed by atoms with Gasteiger partial charge in [0.2, 0.25) is 0 Å². The Bertz CT molecular complexity index is 192. The number of likely N-dealkylation sites (tertiary alicyclic amines) is 1. The average Bonchev–Trinajstić information content (AvgIpc) is 2.54. The molecule has 0 unspecified atom stereocenters. The summed E-state index contributed by atoms with van der Waals surface area (Å²) in [4.78, 5) is 1.84. The number of methoxy groups -OCH3 is 1. The molecule has 1 aliphatic heterocycles. The fourth-order valence-electron chi connectivity index (χ4n) is 1.86. The largest absolute Gasteiger partial charge is 0.395 e. The first kappa shape index (κ1) is 13.8. The molecule has 1 fully saturated rings. The maximum Gasteiger partial charge on any atom is 0.0988 e. The van der Waals surface area contributed by atoms with E-state index < -0.39 is 12.2 Å². The van der Waals surface area contributed by atoms with Gasteiger partial charge in [-0.15, -0.1) is 0 Å². The van der Waals surface area contributed by atoms with E-state index in [0.717, 1.165) is 0 Å². The second-order valence-corrected chi connectivity index (χ2v) is 3.91. The van der Waals surface area contributed by atoms with Crippen LogP contribution in [0.2, 0.25) is 0 Å². The van der Waals surface area contributed by atoms with Gasteiger partial charge in [0.25, 0.3) is 0 Å². The lowest BCUT2D eigenvalue weighted by atomic mass is 10.1. The number of ether oxygens (including phenoxy) is 2. The van der Waals surface area contributed by atoms with Crippen molar-refractivity contribution in [3.8, 4) is 0 Å². The molecule has 6 heteroatoms. The number of nitrogens with zero attached hydrogens (tertiary/aromatic N) is 1.